The van der Waals surface area contributed by atoms with Crippen LogP contribution in [0.1, 0.15) is 12.8 Å². The maximum Gasteiger partial charge on any atom is 0.283 e. The summed E-state index contributed by atoms with van der Waals surface area (Å²) in [5.74, 6) is -0.193. The predicted octanol–water partition coefficient (Wildman–Crippen LogP) is 0.889. The minimum Gasteiger partial charge on any atom is -0.485 e. The van der Waals surface area contributed by atoms with Crippen LogP contribution in [-0.4, -0.2) is 49.8 Å². The van der Waals surface area contributed by atoms with E-state index in [0.717, 1.165) is 11.3 Å². The molecule has 1 fully saturated rings. The Hall–Kier alpha value is -2.63. The monoisotopic (exact) mass is 437 g/mol. The maximum atomic E-state index is 12.7. The second kappa shape index (κ2) is 8.01. The molecule has 2 atom stereocenters. The first-order chi connectivity index (χ1) is 14.0. The molecule has 2 aromatic rings. The number of rotatable bonds is 4. The van der Waals surface area contributed by atoms with Gasteiger partial charge in [0.05, 0.1) is 0 Å². The van der Waals surface area contributed by atoms with Crippen molar-refractivity contribution in [3.8, 4) is 11.5 Å². The van der Waals surface area contributed by atoms with Crippen LogP contribution in [-0.2, 0) is 19.6 Å². The summed E-state index contributed by atoms with van der Waals surface area (Å²) in [7, 11) is -3.75. The largest absolute Gasteiger partial charge is 0.485 e. The molecular weight excluding hydrogens is 418 g/mol. The molecule has 2 N–H and O–H groups in total. The summed E-state index contributed by atoms with van der Waals surface area (Å²) >= 11 is 1.10. The van der Waals surface area contributed by atoms with Crippen LogP contribution in [0, 0.1) is 0 Å². The molecule has 1 saturated heterocycles. The third-order valence-electron chi connectivity index (χ3n) is 4.67. The molecule has 0 saturated carbocycles. The van der Waals surface area contributed by atoms with E-state index < -0.39 is 34.0 Å². The first-order valence-electron chi connectivity index (χ1n) is 9.00. The number of carbonyl (C=O) groups excluding carboxylic acids is 2. The van der Waals surface area contributed by atoms with Gasteiger partial charge in [-0.2, -0.15) is 4.31 Å². The van der Waals surface area contributed by atoms with Crippen LogP contribution in [0.25, 0.3) is 0 Å². The molecule has 4 rings (SSSR count). The van der Waals surface area contributed by atoms with Gasteiger partial charge in [-0.1, -0.05) is 18.2 Å². The number of carbonyl (C=O) groups is 2. The lowest BCUT2D eigenvalue weighted by molar-refractivity contribution is -0.136. The van der Waals surface area contributed by atoms with E-state index >= 15 is 0 Å². The summed E-state index contributed by atoms with van der Waals surface area (Å²) in [5, 5.41) is 1.67. The topological polar surface area (TPSA) is 114 Å². The van der Waals surface area contributed by atoms with Crippen molar-refractivity contribution in [2.75, 3.05) is 13.2 Å². The average molecular weight is 437 g/mol. The quantitative estimate of drug-likeness (QED) is 0.687. The third kappa shape index (κ3) is 3.93. The molecule has 0 spiro atoms. The number of nitrogens with zero attached hydrogens (tertiary/aromatic N) is 1. The van der Waals surface area contributed by atoms with Gasteiger partial charge in [0, 0.05) is 6.54 Å². The fourth-order valence-corrected chi connectivity index (χ4v) is 6.03. The highest BCUT2D eigenvalue weighted by Crippen LogP contribution is 2.31. The van der Waals surface area contributed by atoms with Crippen molar-refractivity contribution in [3.05, 3.63) is 41.8 Å². The van der Waals surface area contributed by atoms with E-state index in [1.54, 1.807) is 35.7 Å². The zero-order valence-electron chi connectivity index (χ0n) is 15.2. The molecule has 2 amide bonds. The van der Waals surface area contributed by atoms with E-state index in [1.165, 1.54) is 10.4 Å². The van der Waals surface area contributed by atoms with Crippen molar-refractivity contribution < 1.29 is 27.5 Å². The standard InChI is InChI=1S/C18H19N3O6S2/c22-17(12-5-3-9-21(12)29(24,25)16-8-4-10-28-16)19-20-18(23)15-11-26-13-6-1-2-7-14(13)27-15/h1-2,4,6-8,10,12,15H,3,5,9,11H2,(H,19,22)(H,20,23). The molecular formula is C18H19N3O6S2. The van der Waals surface area contributed by atoms with Gasteiger partial charge < -0.3 is 9.47 Å². The first-order valence-corrected chi connectivity index (χ1v) is 11.3. The maximum absolute atomic E-state index is 12.7. The van der Waals surface area contributed by atoms with E-state index in [4.69, 9.17) is 9.47 Å². The summed E-state index contributed by atoms with van der Waals surface area (Å²) in [6, 6.07) is 9.23. The van der Waals surface area contributed by atoms with E-state index in [0.29, 0.717) is 24.3 Å². The van der Waals surface area contributed by atoms with Crippen molar-refractivity contribution in [3.63, 3.8) is 0 Å². The summed E-state index contributed by atoms with van der Waals surface area (Å²) in [4.78, 5) is 24.9. The zero-order chi connectivity index (χ0) is 20.4. The second-order valence-corrected chi connectivity index (χ2v) is 9.61. The Morgan fingerprint density at radius 3 is 2.59 bits per heavy atom. The lowest BCUT2D eigenvalue weighted by Gasteiger charge is -2.26. The van der Waals surface area contributed by atoms with E-state index in [9.17, 15) is 18.0 Å². The number of benzene rings is 1. The van der Waals surface area contributed by atoms with Crippen LogP contribution < -0.4 is 20.3 Å². The number of amides is 2. The van der Waals surface area contributed by atoms with Gasteiger partial charge >= 0.3 is 0 Å². The average Bonchev–Trinajstić information content (AvgIpc) is 3.44. The van der Waals surface area contributed by atoms with Gasteiger partial charge in [0.2, 0.25) is 6.10 Å². The fourth-order valence-electron chi connectivity index (χ4n) is 3.25. The van der Waals surface area contributed by atoms with Crippen LogP contribution in [0.4, 0.5) is 0 Å². The number of ether oxygens (including phenoxy) is 2. The Morgan fingerprint density at radius 2 is 1.83 bits per heavy atom. The molecule has 1 aromatic carbocycles. The number of sulfonamides is 1. The van der Waals surface area contributed by atoms with Gasteiger partial charge in [-0.3, -0.25) is 20.4 Å². The molecule has 29 heavy (non-hydrogen) atoms. The van der Waals surface area contributed by atoms with Gasteiger partial charge in [0.25, 0.3) is 21.8 Å². The van der Waals surface area contributed by atoms with Crippen LogP contribution in [0.15, 0.2) is 46.0 Å². The molecule has 154 valence electrons. The molecule has 2 aliphatic rings. The van der Waals surface area contributed by atoms with E-state index in [2.05, 4.69) is 10.9 Å². The van der Waals surface area contributed by atoms with Gasteiger partial charge in [0.1, 0.15) is 16.9 Å². The molecule has 11 heteroatoms. The molecule has 2 aliphatic heterocycles. The fraction of sp³-hybridized carbons (Fsp3) is 0.333. The number of hydrogen-bond donors (Lipinski definition) is 2. The van der Waals surface area contributed by atoms with Crippen LogP contribution in [0.5, 0.6) is 11.5 Å². The number of nitrogens with one attached hydrogen (secondary N) is 2. The molecule has 0 bridgehead atoms. The number of thiophene rings is 1. The van der Waals surface area contributed by atoms with Gasteiger partial charge in [-0.25, -0.2) is 8.42 Å². The summed E-state index contributed by atoms with van der Waals surface area (Å²) in [6.07, 6.45) is 0.00940. The van der Waals surface area contributed by atoms with Crippen LogP contribution in [0.3, 0.4) is 0 Å². The zero-order valence-corrected chi connectivity index (χ0v) is 16.9. The summed E-state index contributed by atoms with van der Waals surface area (Å²) in [5.41, 5.74) is 4.62. The Morgan fingerprint density at radius 1 is 1.07 bits per heavy atom. The highest BCUT2D eigenvalue weighted by molar-refractivity contribution is 7.91. The Labute approximate surface area is 171 Å². The second-order valence-electron chi connectivity index (χ2n) is 6.55. The van der Waals surface area contributed by atoms with Gasteiger partial charge in [-0.15, -0.1) is 11.3 Å². The Bertz CT molecular complexity index is 1010. The first kappa shape index (κ1) is 19.7. The van der Waals surface area contributed by atoms with Crippen molar-refractivity contribution in [2.24, 2.45) is 0 Å². The summed E-state index contributed by atoms with van der Waals surface area (Å²) < 4.78 is 37.9. The smallest absolute Gasteiger partial charge is 0.283 e. The Balaban J connectivity index is 1.36. The van der Waals surface area contributed by atoms with Gasteiger partial charge in [0.15, 0.2) is 11.5 Å². The number of fused-ring (bicyclic) bond motifs is 1. The Kier molecular flexibility index (Phi) is 5.43. The highest BCUT2D eigenvalue weighted by atomic mass is 32.2. The van der Waals surface area contributed by atoms with Crippen molar-refractivity contribution in [1.82, 2.24) is 15.2 Å². The third-order valence-corrected chi connectivity index (χ3v) is 7.96. The van der Waals surface area contributed by atoms with Crippen molar-refractivity contribution >= 4 is 33.2 Å². The molecule has 2 unspecified atom stereocenters. The normalized spacial score (nSPS) is 21.5. The molecule has 0 aliphatic carbocycles. The number of hydrazine groups is 1. The predicted molar refractivity (Wildman–Crippen MR) is 104 cm³/mol. The molecule has 3 heterocycles. The molecule has 0 radical (unpaired) electrons. The summed E-state index contributed by atoms with van der Waals surface area (Å²) in [6.45, 7) is 0.254. The minimum absolute atomic E-state index is 0.00102. The lowest BCUT2D eigenvalue weighted by atomic mass is 10.2. The molecule has 1 aromatic heterocycles. The van der Waals surface area contributed by atoms with Gasteiger partial charge in [-0.05, 0) is 36.4 Å². The van der Waals surface area contributed by atoms with Crippen molar-refractivity contribution in [1.29, 1.82) is 0 Å². The number of para-hydroxylation sites is 2. The van der Waals surface area contributed by atoms with E-state index in [-0.39, 0.29) is 17.4 Å². The number of hydrogen-bond acceptors (Lipinski definition) is 7. The van der Waals surface area contributed by atoms with E-state index in [1.807, 2.05) is 0 Å². The highest BCUT2D eigenvalue weighted by Gasteiger charge is 2.40. The van der Waals surface area contributed by atoms with Crippen LogP contribution >= 0.6 is 11.3 Å². The van der Waals surface area contributed by atoms with Crippen molar-refractivity contribution in [2.45, 2.75) is 29.2 Å². The molecule has 9 nitrogen and oxygen atoms in total. The SMILES string of the molecule is O=C(NNC(=O)C1CCCN1S(=O)(=O)c1cccs1)C1COc2ccccc2O1. The lowest BCUT2D eigenvalue weighted by Crippen LogP contribution is -2.55. The minimum atomic E-state index is -3.75. The van der Waals surface area contributed by atoms with Crippen LogP contribution in [0.2, 0.25) is 0 Å².